The molecular formula is C26H19N5O7S. The second-order valence-electron chi connectivity index (χ2n) is 8.47. The number of nitrogens with zero attached hydrogens (tertiary/aromatic N) is 3. The summed E-state index contributed by atoms with van der Waals surface area (Å²) in [6.07, 6.45) is 0. The molecule has 0 aliphatic carbocycles. The quantitative estimate of drug-likeness (QED) is 0.138. The van der Waals surface area contributed by atoms with Crippen LogP contribution in [0.3, 0.4) is 0 Å². The van der Waals surface area contributed by atoms with Gasteiger partial charge in [-0.1, -0.05) is 30.3 Å². The molecule has 0 atom stereocenters. The number of aromatic carboxylic acids is 1. The molecule has 4 aromatic carbocycles. The standard InChI is InChI=1S/C26H19N5O7S/c1-13(32)27-15-7-9-19(18(11-15)26(34)35)30-31-23-21(39(36,37)38)12-17-16(24(23)33)8-10-20-22(17)29-25(28-20)14-5-3-2-4-6-14/h2-12,33H,1H3,(H,27,32)(H,28,29)(H,34,35)(H,36,37,38). The van der Waals surface area contributed by atoms with Gasteiger partial charge in [-0.15, -0.1) is 10.2 Å². The number of rotatable bonds is 6. The molecule has 0 spiro atoms. The van der Waals surface area contributed by atoms with E-state index >= 15 is 0 Å². The third-order valence-corrected chi connectivity index (χ3v) is 6.68. The molecule has 5 N–H and O–H groups in total. The van der Waals surface area contributed by atoms with Crippen molar-refractivity contribution in [1.29, 1.82) is 0 Å². The Morgan fingerprint density at radius 1 is 0.974 bits per heavy atom. The molecule has 196 valence electrons. The second kappa shape index (κ2) is 9.63. The largest absolute Gasteiger partial charge is 0.505 e. The van der Waals surface area contributed by atoms with Crippen molar-refractivity contribution in [2.75, 3.05) is 5.32 Å². The van der Waals surface area contributed by atoms with Crippen LogP contribution in [-0.2, 0) is 14.9 Å². The minimum absolute atomic E-state index is 0.175. The number of carbonyl (C=O) groups is 2. The van der Waals surface area contributed by atoms with Crippen LogP contribution in [0.15, 0.2) is 81.9 Å². The highest BCUT2D eigenvalue weighted by Gasteiger charge is 2.24. The molecule has 0 bridgehead atoms. The SMILES string of the molecule is CC(=O)Nc1ccc(N=Nc2c(S(=O)(=O)O)cc3c(ccc4[nH]c(-c5ccccc5)nc43)c2O)c(C(=O)O)c1. The molecule has 0 aliphatic rings. The Morgan fingerprint density at radius 3 is 2.38 bits per heavy atom. The van der Waals surface area contributed by atoms with Crippen LogP contribution >= 0.6 is 0 Å². The van der Waals surface area contributed by atoms with Crippen LogP contribution in [-0.4, -0.2) is 45.0 Å². The molecule has 12 nitrogen and oxygen atoms in total. The number of carbonyl (C=O) groups excluding carboxylic acids is 1. The van der Waals surface area contributed by atoms with Crippen LogP contribution in [0.1, 0.15) is 17.3 Å². The lowest BCUT2D eigenvalue weighted by Gasteiger charge is -2.09. The third-order valence-electron chi connectivity index (χ3n) is 5.81. The van der Waals surface area contributed by atoms with E-state index in [-0.39, 0.29) is 27.7 Å². The highest BCUT2D eigenvalue weighted by molar-refractivity contribution is 7.86. The van der Waals surface area contributed by atoms with Gasteiger partial charge in [0.05, 0.1) is 16.6 Å². The van der Waals surface area contributed by atoms with Gasteiger partial charge in [0.1, 0.15) is 22.1 Å². The van der Waals surface area contributed by atoms with E-state index in [0.717, 1.165) is 17.7 Å². The van der Waals surface area contributed by atoms with Crippen molar-refractivity contribution < 1.29 is 32.8 Å². The van der Waals surface area contributed by atoms with Crippen molar-refractivity contribution in [1.82, 2.24) is 9.97 Å². The number of nitrogens with one attached hydrogen (secondary N) is 2. The number of anilines is 1. The van der Waals surface area contributed by atoms with E-state index in [9.17, 15) is 32.8 Å². The van der Waals surface area contributed by atoms with Crippen molar-refractivity contribution in [3.05, 3.63) is 72.3 Å². The number of hydrogen-bond donors (Lipinski definition) is 5. The Morgan fingerprint density at radius 2 is 1.72 bits per heavy atom. The van der Waals surface area contributed by atoms with E-state index in [1.165, 1.54) is 25.1 Å². The topological polar surface area (TPSA) is 194 Å². The summed E-state index contributed by atoms with van der Waals surface area (Å²) in [7, 11) is -4.93. The van der Waals surface area contributed by atoms with Gasteiger partial charge in [-0.05, 0) is 36.4 Å². The maximum Gasteiger partial charge on any atom is 0.338 e. The predicted molar refractivity (Wildman–Crippen MR) is 142 cm³/mol. The molecule has 5 rings (SSSR count). The molecule has 13 heteroatoms. The fraction of sp³-hybridized carbons (Fsp3) is 0.0385. The van der Waals surface area contributed by atoms with Gasteiger partial charge in [0.15, 0.2) is 5.75 Å². The number of carboxylic acids is 1. The van der Waals surface area contributed by atoms with E-state index < -0.39 is 38.3 Å². The first-order chi connectivity index (χ1) is 18.5. The number of H-pyrrole nitrogens is 1. The Hall–Kier alpha value is -5.14. The van der Waals surface area contributed by atoms with Crippen LogP contribution in [0, 0.1) is 0 Å². The van der Waals surface area contributed by atoms with Crippen molar-refractivity contribution in [3.63, 3.8) is 0 Å². The number of aromatic amines is 1. The van der Waals surface area contributed by atoms with Crippen LogP contribution < -0.4 is 5.32 Å². The van der Waals surface area contributed by atoms with Crippen molar-refractivity contribution in [2.45, 2.75) is 11.8 Å². The molecule has 0 fully saturated rings. The average molecular weight is 546 g/mol. The Bertz CT molecular complexity index is 1930. The number of aromatic hydroxyl groups is 1. The van der Waals surface area contributed by atoms with Gasteiger partial charge in [0.2, 0.25) is 5.91 Å². The lowest BCUT2D eigenvalue weighted by molar-refractivity contribution is -0.114. The van der Waals surface area contributed by atoms with Gasteiger partial charge < -0.3 is 20.5 Å². The van der Waals surface area contributed by atoms with Gasteiger partial charge in [-0.3, -0.25) is 9.35 Å². The number of imidazole rings is 1. The molecule has 1 heterocycles. The number of fused-ring (bicyclic) bond motifs is 3. The molecule has 0 saturated heterocycles. The normalized spacial score (nSPS) is 11.8. The van der Waals surface area contributed by atoms with Crippen LogP contribution in [0.5, 0.6) is 5.75 Å². The van der Waals surface area contributed by atoms with E-state index in [4.69, 9.17) is 0 Å². The number of phenolic OH excluding ortho intramolecular Hbond substituents is 1. The number of azo groups is 1. The fourth-order valence-corrected chi connectivity index (χ4v) is 4.75. The maximum absolute atomic E-state index is 12.3. The summed E-state index contributed by atoms with van der Waals surface area (Å²) >= 11 is 0. The maximum atomic E-state index is 12.3. The van der Waals surface area contributed by atoms with E-state index in [1.807, 2.05) is 30.3 Å². The summed E-state index contributed by atoms with van der Waals surface area (Å²) in [6, 6.07) is 17.3. The first-order valence-electron chi connectivity index (χ1n) is 11.3. The van der Waals surface area contributed by atoms with E-state index in [2.05, 4.69) is 25.5 Å². The molecule has 5 aromatic rings. The highest BCUT2D eigenvalue weighted by atomic mass is 32.2. The minimum Gasteiger partial charge on any atom is -0.505 e. The van der Waals surface area contributed by atoms with Gasteiger partial charge in [-0.25, -0.2) is 9.78 Å². The molecule has 0 aliphatic heterocycles. The number of phenols is 1. The van der Waals surface area contributed by atoms with E-state index in [1.54, 1.807) is 6.07 Å². The number of benzene rings is 4. The monoisotopic (exact) mass is 545 g/mol. The number of carboxylic acid groups (broad SMARTS) is 1. The zero-order valence-electron chi connectivity index (χ0n) is 20.1. The third kappa shape index (κ3) is 4.91. The molecule has 39 heavy (non-hydrogen) atoms. The lowest BCUT2D eigenvalue weighted by Crippen LogP contribution is -2.07. The lowest BCUT2D eigenvalue weighted by atomic mass is 10.1. The molecule has 0 unspecified atom stereocenters. The highest BCUT2D eigenvalue weighted by Crippen LogP contribution is 2.43. The van der Waals surface area contributed by atoms with Gasteiger partial charge in [-0.2, -0.15) is 8.42 Å². The Balaban J connectivity index is 1.68. The average Bonchev–Trinajstić information content (AvgIpc) is 3.33. The zero-order valence-corrected chi connectivity index (χ0v) is 20.9. The van der Waals surface area contributed by atoms with Crippen molar-refractivity contribution >= 4 is 60.9 Å². The fourth-order valence-electron chi connectivity index (χ4n) is 4.10. The summed E-state index contributed by atoms with van der Waals surface area (Å²) in [5.41, 5.74) is 0.760. The van der Waals surface area contributed by atoms with Crippen molar-refractivity contribution in [2.24, 2.45) is 10.2 Å². The Labute approximate surface area is 220 Å². The summed E-state index contributed by atoms with van der Waals surface area (Å²) < 4.78 is 34.6. The molecular weight excluding hydrogens is 526 g/mol. The van der Waals surface area contributed by atoms with Gasteiger partial charge >= 0.3 is 5.97 Å². The molecule has 1 amide bonds. The first-order valence-corrected chi connectivity index (χ1v) is 12.7. The van der Waals surface area contributed by atoms with Crippen LogP contribution in [0.2, 0.25) is 0 Å². The summed E-state index contributed by atoms with van der Waals surface area (Å²) in [6.45, 7) is 1.26. The predicted octanol–water partition coefficient (Wildman–Crippen LogP) is 5.41. The second-order valence-corrected chi connectivity index (χ2v) is 9.86. The Kier molecular flexibility index (Phi) is 6.30. The van der Waals surface area contributed by atoms with Crippen LogP contribution in [0.25, 0.3) is 33.2 Å². The van der Waals surface area contributed by atoms with Gasteiger partial charge in [0, 0.05) is 28.9 Å². The summed E-state index contributed by atoms with van der Waals surface area (Å²) in [5, 5.41) is 31.1. The first kappa shape index (κ1) is 25.5. The molecule has 1 aromatic heterocycles. The number of amides is 1. The zero-order chi connectivity index (χ0) is 27.9. The summed E-state index contributed by atoms with van der Waals surface area (Å²) in [4.78, 5) is 30.0. The number of hydrogen-bond acceptors (Lipinski definition) is 8. The molecule has 0 radical (unpaired) electrons. The minimum atomic E-state index is -4.93. The summed E-state index contributed by atoms with van der Waals surface area (Å²) in [5.74, 6) is -1.90. The smallest absolute Gasteiger partial charge is 0.338 e. The van der Waals surface area contributed by atoms with E-state index in [0.29, 0.717) is 16.9 Å². The van der Waals surface area contributed by atoms with Crippen LogP contribution in [0.4, 0.5) is 17.1 Å². The molecule has 0 saturated carbocycles. The van der Waals surface area contributed by atoms with Gasteiger partial charge in [0.25, 0.3) is 10.1 Å². The van der Waals surface area contributed by atoms with Crippen molar-refractivity contribution in [3.8, 4) is 17.1 Å². The number of aromatic nitrogens is 2.